The van der Waals surface area contributed by atoms with Crippen LogP contribution in [0.1, 0.15) is 44.1 Å². The fourth-order valence-corrected chi connectivity index (χ4v) is 1.94. The molecule has 0 bridgehead atoms. The number of aliphatic carboxylic acids is 1. The van der Waals surface area contributed by atoms with Gasteiger partial charge < -0.3 is 10.4 Å². The molecule has 20 heavy (non-hydrogen) atoms. The van der Waals surface area contributed by atoms with Crippen LogP contribution in [0.15, 0.2) is 0 Å². The number of carbonyl (C=O) groups excluding carboxylic acids is 1. The van der Waals surface area contributed by atoms with Crippen molar-refractivity contribution in [2.24, 2.45) is 0 Å². The van der Waals surface area contributed by atoms with Gasteiger partial charge in [-0.2, -0.15) is 5.10 Å². The maximum atomic E-state index is 12.0. The third kappa shape index (κ3) is 4.08. The summed E-state index contributed by atoms with van der Waals surface area (Å²) in [5.74, 6) is -1.02. The van der Waals surface area contributed by atoms with E-state index in [0.717, 1.165) is 12.1 Å². The molecule has 0 unspecified atom stereocenters. The van der Waals surface area contributed by atoms with E-state index in [1.165, 1.54) is 0 Å². The van der Waals surface area contributed by atoms with Crippen molar-refractivity contribution < 1.29 is 14.7 Å². The highest BCUT2D eigenvalue weighted by Crippen LogP contribution is 2.14. The minimum absolute atomic E-state index is 0.0697. The van der Waals surface area contributed by atoms with E-state index in [1.807, 2.05) is 20.8 Å². The lowest BCUT2D eigenvalue weighted by Gasteiger charge is -2.24. The van der Waals surface area contributed by atoms with Gasteiger partial charge >= 0.3 is 5.97 Å². The Morgan fingerprint density at radius 3 is 2.45 bits per heavy atom. The third-order valence-electron chi connectivity index (χ3n) is 3.51. The Labute approximate surface area is 119 Å². The first-order valence-corrected chi connectivity index (χ1v) is 6.72. The third-order valence-corrected chi connectivity index (χ3v) is 3.51. The van der Waals surface area contributed by atoms with Gasteiger partial charge in [-0.25, -0.2) is 0 Å². The zero-order valence-electron chi connectivity index (χ0n) is 12.8. The van der Waals surface area contributed by atoms with Gasteiger partial charge in [-0.3, -0.25) is 14.3 Å². The molecule has 0 radical (unpaired) electrons. The van der Waals surface area contributed by atoms with Crippen molar-refractivity contribution in [1.82, 2.24) is 15.1 Å². The number of hydrogen-bond acceptors (Lipinski definition) is 3. The largest absolute Gasteiger partial charge is 0.481 e. The first kappa shape index (κ1) is 16.2. The van der Waals surface area contributed by atoms with Crippen molar-refractivity contribution in [3.05, 3.63) is 17.0 Å². The van der Waals surface area contributed by atoms with Crippen molar-refractivity contribution in [2.45, 2.75) is 59.5 Å². The summed E-state index contributed by atoms with van der Waals surface area (Å²) in [6.07, 6.45) is 0.764. The Morgan fingerprint density at radius 1 is 1.35 bits per heavy atom. The Bertz CT molecular complexity index is 518. The summed E-state index contributed by atoms with van der Waals surface area (Å²) in [5, 5.41) is 16.1. The molecule has 1 aromatic rings. The summed E-state index contributed by atoms with van der Waals surface area (Å²) in [7, 11) is 0. The average Bonchev–Trinajstić information content (AvgIpc) is 2.56. The summed E-state index contributed by atoms with van der Waals surface area (Å²) in [5.41, 5.74) is 1.82. The summed E-state index contributed by atoms with van der Waals surface area (Å²) in [6, 6.07) is 0. The summed E-state index contributed by atoms with van der Waals surface area (Å²) in [4.78, 5) is 22.8. The van der Waals surface area contributed by atoms with Crippen LogP contribution in [0.2, 0.25) is 0 Å². The molecule has 0 saturated carbocycles. The van der Waals surface area contributed by atoms with Gasteiger partial charge in [0.15, 0.2) is 0 Å². The molecule has 0 aliphatic rings. The van der Waals surface area contributed by atoms with Crippen molar-refractivity contribution >= 4 is 11.9 Å². The standard InChI is InChI=1S/C14H23N3O3/c1-6-14(4,5)15-12(18)8-17-10(3)11(7-13(19)20)9(2)16-17/h6-8H2,1-5H3,(H,15,18)(H,19,20). The molecule has 1 amide bonds. The molecule has 1 rings (SSSR count). The predicted molar refractivity (Wildman–Crippen MR) is 75.6 cm³/mol. The van der Waals surface area contributed by atoms with Crippen LogP contribution in [0.25, 0.3) is 0 Å². The molecule has 0 aliphatic heterocycles. The highest BCUT2D eigenvalue weighted by atomic mass is 16.4. The second-order valence-electron chi connectivity index (χ2n) is 5.66. The van der Waals surface area contributed by atoms with Crippen LogP contribution < -0.4 is 5.32 Å². The number of aromatic nitrogens is 2. The monoisotopic (exact) mass is 281 g/mol. The van der Waals surface area contributed by atoms with E-state index in [0.29, 0.717) is 11.3 Å². The summed E-state index contributed by atoms with van der Waals surface area (Å²) >= 11 is 0. The zero-order chi connectivity index (χ0) is 15.5. The number of hydrogen-bond donors (Lipinski definition) is 2. The van der Waals surface area contributed by atoms with Gasteiger partial charge in [-0.15, -0.1) is 0 Å². The lowest BCUT2D eigenvalue weighted by atomic mass is 10.0. The quantitative estimate of drug-likeness (QED) is 0.826. The molecular weight excluding hydrogens is 258 g/mol. The van der Waals surface area contributed by atoms with Crippen LogP contribution in [-0.2, 0) is 22.6 Å². The Morgan fingerprint density at radius 2 is 1.95 bits per heavy atom. The molecule has 112 valence electrons. The van der Waals surface area contributed by atoms with E-state index in [1.54, 1.807) is 18.5 Å². The molecule has 0 saturated heterocycles. The highest BCUT2D eigenvalue weighted by Gasteiger charge is 2.20. The maximum absolute atomic E-state index is 12.0. The first-order valence-electron chi connectivity index (χ1n) is 6.72. The Hall–Kier alpha value is -1.85. The highest BCUT2D eigenvalue weighted by molar-refractivity contribution is 5.76. The van der Waals surface area contributed by atoms with Crippen LogP contribution in [0.3, 0.4) is 0 Å². The molecule has 6 nitrogen and oxygen atoms in total. The number of aryl methyl sites for hydroxylation is 1. The topological polar surface area (TPSA) is 84.2 Å². The first-order chi connectivity index (χ1) is 9.16. The van der Waals surface area contributed by atoms with Crippen molar-refractivity contribution in [3.63, 3.8) is 0 Å². The minimum Gasteiger partial charge on any atom is -0.481 e. The SMILES string of the molecule is CCC(C)(C)NC(=O)Cn1nc(C)c(CC(=O)O)c1C. The van der Waals surface area contributed by atoms with Crippen LogP contribution in [0.4, 0.5) is 0 Å². The lowest BCUT2D eigenvalue weighted by Crippen LogP contribution is -2.44. The number of nitrogens with zero attached hydrogens (tertiary/aromatic N) is 2. The number of amides is 1. The number of carbonyl (C=O) groups is 2. The van der Waals surface area contributed by atoms with Crippen LogP contribution in [0, 0.1) is 13.8 Å². The molecule has 0 atom stereocenters. The van der Waals surface area contributed by atoms with Gasteiger partial charge in [-0.05, 0) is 34.1 Å². The molecule has 1 heterocycles. The van der Waals surface area contributed by atoms with E-state index in [2.05, 4.69) is 10.4 Å². The smallest absolute Gasteiger partial charge is 0.307 e. The van der Waals surface area contributed by atoms with E-state index in [9.17, 15) is 9.59 Å². The van der Waals surface area contributed by atoms with Crippen LogP contribution >= 0.6 is 0 Å². The van der Waals surface area contributed by atoms with Gasteiger partial charge in [0.1, 0.15) is 6.54 Å². The predicted octanol–water partition coefficient (Wildman–Crippen LogP) is 1.43. The van der Waals surface area contributed by atoms with E-state index in [4.69, 9.17) is 5.11 Å². The van der Waals surface area contributed by atoms with E-state index in [-0.39, 0.29) is 24.4 Å². The fourth-order valence-electron chi connectivity index (χ4n) is 1.94. The fraction of sp³-hybridized carbons (Fsp3) is 0.643. The van der Waals surface area contributed by atoms with Crippen molar-refractivity contribution in [1.29, 1.82) is 0 Å². The second-order valence-corrected chi connectivity index (χ2v) is 5.66. The molecule has 1 aromatic heterocycles. The lowest BCUT2D eigenvalue weighted by molar-refractivity contribution is -0.136. The van der Waals surface area contributed by atoms with Gasteiger partial charge in [0.05, 0.1) is 12.1 Å². The molecule has 2 N–H and O–H groups in total. The van der Waals surface area contributed by atoms with E-state index >= 15 is 0 Å². The minimum atomic E-state index is -0.896. The second kappa shape index (κ2) is 6.07. The molecule has 0 aromatic carbocycles. The number of nitrogens with one attached hydrogen (secondary N) is 1. The van der Waals surface area contributed by atoms with Gasteiger partial charge in [0.25, 0.3) is 0 Å². The average molecular weight is 281 g/mol. The van der Waals surface area contributed by atoms with Crippen molar-refractivity contribution in [3.8, 4) is 0 Å². The molecule has 6 heteroatoms. The van der Waals surface area contributed by atoms with Gasteiger partial charge in [0, 0.05) is 16.8 Å². The molecule has 0 aliphatic carbocycles. The normalized spacial score (nSPS) is 11.4. The number of rotatable bonds is 6. The van der Waals surface area contributed by atoms with Crippen LogP contribution in [-0.4, -0.2) is 32.3 Å². The zero-order valence-corrected chi connectivity index (χ0v) is 12.8. The van der Waals surface area contributed by atoms with E-state index < -0.39 is 5.97 Å². The maximum Gasteiger partial charge on any atom is 0.307 e. The number of carboxylic acid groups (broad SMARTS) is 1. The summed E-state index contributed by atoms with van der Waals surface area (Å²) < 4.78 is 1.56. The Kier molecular flexibility index (Phi) is 4.92. The molecule has 0 fully saturated rings. The van der Waals surface area contributed by atoms with Gasteiger partial charge in [-0.1, -0.05) is 6.92 Å². The summed E-state index contributed by atoms with van der Waals surface area (Å²) in [6.45, 7) is 9.58. The number of carboxylic acids is 1. The molecule has 0 spiro atoms. The van der Waals surface area contributed by atoms with Gasteiger partial charge in [0.2, 0.25) is 5.91 Å². The molecular formula is C14H23N3O3. The van der Waals surface area contributed by atoms with Crippen LogP contribution in [0.5, 0.6) is 0 Å². The Balaban J connectivity index is 2.84. The van der Waals surface area contributed by atoms with Crippen molar-refractivity contribution in [2.75, 3.05) is 0 Å².